The molecule has 19 heavy (non-hydrogen) atoms. The van der Waals surface area contributed by atoms with Crippen LogP contribution in [0, 0.1) is 5.41 Å². The minimum atomic E-state index is -3.56. The van der Waals surface area contributed by atoms with Gasteiger partial charge >= 0.3 is 0 Å². The third-order valence-corrected chi connectivity index (χ3v) is 4.65. The highest BCUT2D eigenvalue weighted by Crippen LogP contribution is 2.19. The zero-order valence-electron chi connectivity index (χ0n) is 11.9. The van der Waals surface area contributed by atoms with E-state index >= 15 is 0 Å². The van der Waals surface area contributed by atoms with Crippen molar-refractivity contribution in [3.63, 3.8) is 0 Å². The van der Waals surface area contributed by atoms with Crippen LogP contribution in [0.2, 0.25) is 0 Å². The predicted molar refractivity (Wildman–Crippen MR) is 75.7 cm³/mol. The number of sulfonamides is 1. The zero-order chi connectivity index (χ0) is 14.7. The SMILES string of the molecule is CCC(C)(C)CNS(=O)(=O)c1cccc(C(C)=O)c1. The first-order chi connectivity index (χ1) is 8.68. The van der Waals surface area contributed by atoms with E-state index in [0.29, 0.717) is 12.1 Å². The van der Waals surface area contributed by atoms with Crippen LogP contribution in [0.3, 0.4) is 0 Å². The summed E-state index contributed by atoms with van der Waals surface area (Å²) in [6, 6.07) is 6.09. The number of carbonyl (C=O) groups excluding carboxylic acids is 1. The van der Waals surface area contributed by atoms with Crippen LogP contribution in [0.15, 0.2) is 29.2 Å². The number of carbonyl (C=O) groups is 1. The van der Waals surface area contributed by atoms with Crippen LogP contribution in [0.5, 0.6) is 0 Å². The van der Waals surface area contributed by atoms with Crippen molar-refractivity contribution in [3.05, 3.63) is 29.8 Å². The van der Waals surface area contributed by atoms with Gasteiger partial charge in [0, 0.05) is 12.1 Å². The molecule has 0 saturated carbocycles. The average Bonchev–Trinajstić information content (AvgIpc) is 2.37. The molecule has 1 aromatic carbocycles. The molecule has 0 amide bonds. The Balaban J connectivity index is 2.95. The van der Waals surface area contributed by atoms with Gasteiger partial charge in [0.25, 0.3) is 0 Å². The molecular weight excluding hydrogens is 262 g/mol. The third kappa shape index (κ3) is 4.44. The van der Waals surface area contributed by atoms with Gasteiger partial charge in [0.2, 0.25) is 10.0 Å². The number of hydrogen-bond donors (Lipinski definition) is 1. The molecule has 0 radical (unpaired) electrons. The first kappa shape index (κ1) is 15.9. The number of Topliss-reactive ketones (excluding diaryl/α,β-unsaturated/α-hetero) is 1. The Bertz CT molecular complexity index is 562. The van der Waals surface area contributed by atoms with E-state index in [0.717, 1.165) is 6.42 Å². The van der Waals surface area contributed by atoms with E-state index in [2.05, 4.69) is 4.72 Å². The Hall–Kier alpha value is -1.20. The Kier molecular flexibility index (Phi) is 4.87. The quantitative estimate of drug-likeness (QED) is 0.816. The lowest BCUT2D eigenvalue weighted by Gasteiger charge is -2.22. The van der Waals surface area contributed by atoms with E-state index in [1.807, 2.05) is 20.8 Å². The summed E-state index contributed by atoms with van der Waals surface area (Å²) in [6.07, 6.45) is 0.878. The Morgan fingerprint density at radius 3 is 2.47 bits per heavy atom. The molecule has 0 heterocycles. The molecule has 1 rings (SSSR count). The summed E-state index contributed by atoms with van der Waals surface area (Å²) in [5.41, 5.74) is 0.309. The molecular formula is C14H21NO3S. The van der Waals surface area contributed by atoms with Crippen LogP contribution in [-0.4, -0.2) is 20.7 Å². The highest BCUT2D eigenvalue weighted by molar-refractivity contribution is 7.89. The highest BCUT2D eigenvalue weighted by atomic mass is 32.2. The van der Waals surface area contributed by atoms with E-state index in [-0.39, 0.29) is 16.1 Å². The summed E-state index contributed by atoms with van der Waals surface area (Å²) in [5.74, 6) is -0.147. The molecule has 4 nitrogen and oxygen atoms in total. The molecule has 0 unspecified atom stereocenters. The second kappa shape index (κ2) is 5.84. The second-order valence-electron chi connectivity index (χ2n) is 5.43. The van der Waals surface area contributed by atoms with Crippen molar-refractivity contribution in [2.45, 2.75) is 39.0 Å². The van der Waals surface area contributed by atoms with Crippen molar-refractivity contribution in [2.24, 2.45) is 5.41 Å². The monoisotopic (exact) mass is 283 g/mol. The largest absolute Gasteiger partial charge is 0.295 e. The van der Waals surface area contributed by atoms with Gasteiger partial charge in [-0.2, -0.15) is 0 Å². The molecule has 0 saturated heterocycles. The summed E-state index contributed by atoms with van der Waals surface area (Å²) >= 11 is 0. The number of nitrogens with one attached hydrogen (secondary N) is 1. The lowest BCUT2D eigenvalue weighted by atomic mass is 9.91. The molecule has 0 atom stereocenters. The minimum Gasteiger partial charge on any atom is -0.295 e. The van der Waals surface area contributed by atoms with Gasteiger partial charge in [-0.05, 0) is 30.9 Å². The topological polar surface area (TPSA) is 63.2 Å². The van der Waals surface area contributed by atoms with Crippen molar-refractivity contribution in [2.75, 3.05) is 6.54 Å². The fraction of sp³-hybridized carbons (Fsp3) is 0.500. The molecule has 0 aliphatic carbocycles. The number of ketones is 1. The van der Waals surface area contributed by atoms with Crippen molar-refractivity contribution in [3.8, 4) is 0 Å². The number of hydrogen-bond acceptors (Lipinski definition) is 3. The summed E-state index contributed by atoms with van der Waals surface area (Å²) in [4.78, 5) is 11.4. The average molecular weight is 283 g/mol. The van der Waals surface area contributed by atoms with Gasteiger partial charge in [0.05, 0.1) is 4.90 Å². The molecule has 0 bridgehead atoms. The molecule has 1 N–H and O–H groups in total. The van der Waals surface area contributed by atoms with Crippen molar-refractivity contribution < 1.29 is 13.2 Å². The van der Waals surface area contributed by atoms with Crippen molar-refractivity contribution in [1.82, 2.24) is 4.72 Å². The molecule has 0 aliphatic rings. The first-order valence-electron chi connectivity index (χ1n) is 6.28. The molecule has 0 aromatic heterocycles. The van der Waals surface area contributed by atoms with Gasteiger partial charge in [0.1, 0.15) is 0 Å². The molecule has 0 fully saturated rings. The molecule has 0 aliphatic heterocycles. The van der Waals surface area contributed by atoms with Gasteiger partial charge in [-0.3, -0.25) is 4.79 Å². The van der Waals surface area contributed by atoms with Crippen molar-refractivity contribution >= 4 is 15.8 Å². The molecule has 106 valence electrons. The van der Waals surface area contributed by atoms with Crippen LogP contribution in [0.1, 0.15) is 44.5 Å². The van der Waals surface area contributed by atoms with Crippen LogP contribution < -0.4 is 4.72 Å². The lowest BCUT2D eigenvalue weighted by molar-refractivity contribution is 0.101. The third-order valence-electron chi connectivity index (χ3n) is 3.25. The fourth-order valence-corrected chi connectivity index (χ4v) is 2.67. The number of rotatable bonds is 6. The van der Waals surface area contributed by atoms with Crippen LogP contribution in [-0.2, 0) is 10.0 Å². The van der Waals surface area contributed by atoms with E-state index in [1.165, 1.54) is 19.1 Å². The Labute approximate surface area is 115 Å². The van der Waals surface area contributed by atoms with Gasteiger partial charge in [0.15, 0.2) is 5.78 Å². The molecule has 0 spiro atoms. The van der Waals surface area contributed by atoms with Crippen LogP contribution in [0.4, 0.5) is 0 Å². The minimum absolute atomic E-state index is 0.0920. The fourth-order valence-electron chi connectivity index (χ4n) is 1.38. The second-order valence-corrected chi connectivity index (χ2v) is 7.19. The Morgan fingerprint density at radius 2 is 1.95 bits per heavy atom. The van der Waals surface area contributed by atoms with Gasteiger partial charge in [-0.15, -0.1) is 0 Å². The zero-order valence-corrected chi connectivity index (χ0v) is 12.7. The standard InChI is InChI=1S/C14H21NO3S/c1-5-14(3,4)10-15-19(17,18)13-8-6-7-12(9-13)11(2)16/h6-9,15H,5,10H2,1-4H3. The predicted octanol–water partition coefficient (Wildman–Crippen LogP) is 2.60. The maximum atomic E-state index is 12.1. The molecule has 1 aromatic rings. The van der Waals surface area contributed by atoms with E-state index in [1.54, 1.807) is 12.1 Å². The molecule has 5 heteroatoms. The van der Waals surface area contributed by atoms with E-state index in [9.17, 15) is 13.2 Å². The van der Waals surface area contributed by atoms with Crippen LogP contribution >= 0.6 is 0 Å². The number of benzene rings is 1. The van der Waals surface area contributed by atoms with Crippen LogP contribution in [0.25, 0.3) is 0 Å². The summed E-state index contributed by atoms with van der Waals surface area (Å²) in [5, 5.41) is 0. The summed E-state index contributed by atoms with van der Waals surface area (Å²) in [6.45, 7) is 7.81. The maximum absolute atomic E-state index is 12.1. The van der Waals surface area contributed by atoms with E-state index in [4.69, 9.17) is 0 Å². The van der Waals surface area contributed by atoms with E-state index < -0.39 is 10.0 Å². The smallest absolute Gasteiger partial charge is 0.240 e. The highest BCUT2D eigenvalue weighted by Gasteiger charge is 2.21. The van der Waals surface area contributed by atoms with Gasteiger partial charge in [-0.25, -0.2) is 13.1 Å². The van der Waals surface area contributed by atoms with Gasteiger partial charge < -0.3 is 0 Å². The lowest BCUT2D eigenvalue weighted by Crippen LogP contribution is -2.33. The maximum Gasteiger partial charge on any atom is 0.240 e. The first-order valence-corrected chi connectivity index (χ1v) is 7.77. The van der Waals surface area contributed by atoms with Gasteiger partial charge in [-0.1, -0.05) is 32.9 Å². The summed E-state index contributed by atoms with van der Waals surface area (Å²) < 4.78 is 26.9. The normalized spacial score (nSPS) is 12.4. The summed E-state index contributed by atoms with van der Waals surface area (Å²) in [7, 11) is -3.56. The Morgan fingerprint density at radius 1 is 1.32 bits per heavy atom. The van der Waals surface area contributed by atoms with Crippen molar-refractivity contribution in [1.29, 1.82) is 0 Å².